The average molecular weight is 172 g/mol. The van der Waals surface area contributed by atoms with Gasteiger partial charge in [0.25, 0.3) is 0 Å². The van der Waals surface area contributed by atoms with Gasteiger partial charge in [-0.05, 0) is 25.9 Å². The van der Waals surface area contributed by atoms with Gasteiger partial charge < -0.3 is 5.32 Å². The fourth-order valence-electron chi connectivity index (χ4n) is 1.68. The number of hydrogen-bond donors (Lipinski definition) is 1. The molecule has 0 aromatic carbocycles. The second kappa shape index (κ2) is 3.39. The molecule has 1 rings (SSSR count). The molecule has 0 unspecified atom stereocenters. The predicted molar refractivity (Wildman–Crippen MR) is 46.7 cm³/mol. The van der Waals surface area contributed by atoms with E-state index in [0.717, 1.165) is 25.9 Å². The molecule has 0 amide bonds. The van der Waals surface area contributed by atoms with Crippen LogP contribution in [0.25, 0.3) is 0 Å². The van der Waals surface area contributed by atoms with E-state index in [4.69, 9.17) is 0 Å². The van der Waals surface area contributed by atoms with Crippen LogP contribution in [-0.4, -0.2) is 23.6 Å². The summed E-state index contributed by atoms with van der Waals surface area (Å²) < 4.78 is 0. The molecule has 4 nitrogen and oxygen atoms in total. The van der Waals surface area contributed by atoms with Gasteiger partial charge in [-0.15, -0.1) is 0 Å². The van der Waals surface area contributed by atoms with Crippen molar-refractivity contribution in [2.24, 2.45) is 5.92 Å². The van der Waals surface area contributed by atoms with Crippen molar-refractivity contribution < 1.29 is 4.92 Å². The van der Waals surface area contributed by atoms with Gasteiger partial charge in [-0.25, -0.2) is 0 Å². The lowest BCUT2D eigenvalue weighted by Crippen LogP contribution is -2.44. The van der Waals surface area contributed by atoms with Crippen molar-refractivity contribution in [1.82, 2.24) is 5.32 Å². The standard InChI is InChI=1S/C8H16N2O2/c1-8(2,10(11)12)7-3-5-9-6-4-7/h7,9H,3-6H2,1-2H3. The van der Waals surface area contributed by atoms with Gasteiger partial charge in [0.15, 0.2) is 0 Å². The van der Waals surface area contributed by atoms with E-state index in [1.165, 1.54) is 0 Å². The van der Waals surface area contributed by atoms with E-state index in [0.29, 0.717) is 0 Å². The first-order valence-electron chi connectivity index (χ1n) is 4.40. The summed E-state index contributed by atoms with van der Waals surface area (Å²) in [7, 11) is 0. The highest BCUT2D eigenvalue weighted by Crippen LogP contribution is 2.27. The lowest BCUT2D eigenvalue weighted by molar-refractivity contribution is -0.572. The highest BCUT2D eigenvalue weighted by atomic mass is 16.6. The molecular weight excluding hydrogens is 156 g/mol. The van der Waals surface area contributed by atoms with Gasteiger partial charge in [-0.2, -0.15) is 0 Å². The van der Waals surface area contributed by atoms with Crippen molar-refractivity contribution in [2.45, 2.75) is 32.2 Å². The van der Waals surface area contributed by atoms with Gasteiger partial charge in [0, 0.05) is 24.7 Å². The SMILES string of the molecule is CC(C)(C1CCNCC1)[N+](=O)[O-]. The fourth-order valence-corrected chi connectivity index (χ4v) is 1.68. The molecule has 0 aromatic rings. The molecule has 0 aliphatic carbocycles. The molecule has 1 heterocycles. The largest absolute Gasteiger partial charge is 0.317 e. The Kier molecular flexibility index (Phi) is 2.67. The van der Waals surface area contributed by atoms with Gasteiger partial charge in [-0.1, -0.05) is 0 Å². The third kappa shape index (κ3) is 1.75. The zero-order chi connectivity index (χ0) is 9.19. The van der Waals surface area contributed by atoms with Crippen LogP contribution in [0.15, 0.2) is 0 Å². The molecule has 70 valence electrons. The van der Waals surface area contributed by atoms with Crippen molar-refractivity contribution in [3.63, 3.8) is 0 Å². The van der Waals surface area contributed by atoms with E-state index in [9.17, 15) is 10.1 Å². The molecule has 4 heteroatoms. The maximum absolute atomic E-state index is 10.7. The van der Waals surface area contributed by atoms with Crippen molar-refractivity contribution in [3.05, 3.63) is 10.1 Å². The highest BCUT2D eigenvalue weighted by molar-refractivity contribution is 4.82. The Morgan fingerprint density at radius 2 is 1.92 bits per heavy atom. The molecule has 0 atom stereocenters. The summed E-state index contributed by atoms with van der Waals surface area (Å²) in [6.07, 6.45) is 1.85. The molecule has 0 spiro atoms. The van der Waals surface area contributed by atoms with E-state index < -0.39 is 5.54 Å². The van der Waals surface area contributed by atoms with Crippen LogP contribution in [-0.2, 0) is 0 Å². The predicted octanol–water partition coefficient (Wildman–Crippen LogP) is 1.04. The Hall–Kier alpha value is -0.640. The fraction of sp³-hybridized carbons (Fsp3) is 1.00. The number of nitrogens with zero attached hydrogens (tertiary/aromatic N) is 1. The first-order chi connectivity index (χ1) is 5.55. The highest BCUT2D eigenvalue weighted by Gasteiger charge is 2.40. The lowest BCUT2D eigenvalue weighted by Gasteiger charge is -2.30. The second-order valence-corrected chi connectivity index (χ2v) is 3.94. The Morgan fingerprint density at radius 3 is 2.33 bits per heavy atom. The Bertz CT molecular complexity index is 174. The van der Waals surface area contributed by atoms with Crippen LogP contribution >= 0.6 is 0 Å². The summed E-state index contributed by atoms with van der Waals surface area (Å²) in [5.41, 5.74) is -0.748. The molecule has 0 aromatic heterocycles. The summed E-state index contributed by atoms with van der Waals surface area (Å²) in [6.45, 7) is 5.29. The summed E-state index contributed by atoms with van der Waals surface area (Å²) in [5.74, 6) is 0.230. The number of nitro groups is 1. The number of rotatable bonds is 2. The van der Waals surface area contributed by atoms with Crippen LogP contribution in [0, 0.1) is 16.0 Å². The summed E-state index contributed by atoms with van der Waals surface area (Å²) >= 11 is 0. The maximum Gasteiger partial charge on any atom is 0.219 e. The number of hydrogen-bond acceptors (Lipinski definition) is 3. The zero-order valence-electron chi connectivity index (χ0n) is 7.67. The third-order valence-corrected chi connectivity index (χ3v) is 2.81. The van der Waals surface area contributed by atoms with Crippen LogP contribution < -0.4 is 5.32 Å². The number of nitrogens with one attached hydrogen (secondary N) is 1. The van der Waals surface area contributed by atoms with E-state index in [1.807, 2.05) is 0 Å². The van der Waals surface area contributed by atoms with Crippen LogP contribution in [0.5, 0.6) is 0 Å². The normalized spacial score (nSPS) is 20.8. The van der Waals surface area contributed by atoms with E-state index in [1.54, 1.807) is 13.8 Å². The Morgan fingerprint density at radius 1 is 1.42 bits per heavy atom. The monoisotopic (exact) mass is 172 g/mol. The van der Waals surface area contributed by atoms with Gasteiger partial charge in [-0.3, -0.25) is 10.1 Å². The van der Waals surface area contributed by atoms with Crippen molar-refractivity contribution in [3.8, 4) is 0 Å². The first kappa shape index (κ1) is 9.45. The topological polar surface area (TPSA) is 55.2 Å². The molecule has 12 heavy (non-hydrogen) atoms. The summed E-state index contributed by atoms with van der Waals surface area (Å²) in [6, 6.07) is 0. The van der Waals surface area contributed by atoms with E-state index in [2.05, 4.69) is 5.32 Å². The van der Waals surface area contributed by atoms with Crippen LogP contribution in [0.1, 0.15) is 26.7 Å². The first-order valence-corrected chi connectivity index (χ1v) is 4.40. The molecule has 1 aliphatic heterocycles. The Labute approximate surface area is 72.5 Å². The summed E-state index contributed by atoms with van der Waals surface area (Å²) in [4.78, 5) is 10.6. The van der Waals surface area contributed by atoms with E-state index >= 15 is 0 Å². The van der Waals surface area contributed by atoms with Crippen molar-refractivity contribution >= 4 is 0 Å². The Balaban J connectivity index is 2.59. The summed E-state index contributed by atoms with van der Waals surface area (Å²) in [5, 5.41) is 13.9. The minimum atomic E-state index is -0.748. The number of piperidine rings is 1. The van der Waals surface area contributed by atoms with Crippen LogP contribution in [0.2, 0.25) is 0 Å². The van der Waals surface area contributed by atoms with Gasteiger partial charge in [0.2, 0.25) is 5.54 Å². The zero-order valence-corrected chi connectivity index (χ0v) is 7.67. The molecule has 1 saturated heterocycles. The molecule has 0 radical (unpaired) electrons. The van der Waals surface area contributed by atoms with Crippen LogP contribution in [0.4, 0.5) is 0 Å². The van der Waals surface area contributed by atoms with Gasteiger partial charge in [0.1, 0.15) is 0 Å². The van der Waals surface area contributed by atoms with E-state index in [-0.39, 0.29) is 10.8 Å². The molecule has 1 aliphatic rings. The molecule has 0 bridgehead atoms. The maximum atomic E-state index is 10.7. The quantitative estimate of drug-likeness (QED) is 0.500. The third-order valence-electron chi connectivity index (χ3n) is 2.81. The van der Waals surface area contributed by atoms with Crippen LogP contribution in [0.3, 0.4) is 0 Å². The van der Waals surface area contributed by atoms with Gasteiger partial charge in [0.05, 0.1) is 0 Å². The molecule has 1 N–H and O–H groups in total. The molecule has 1 fully saturated rings. The van der Waals surface area contributed by atoms with Crippen molar-refractivity contribution in [2.75, 3.05) is 13.1 Å². The molecular formula is C8H16N2O2. The minimum absolute atomic E-state index is 0.150. The lowest BCUT2D eigenvalue weighted by atomic mass is 9.81. The molecule has 0 saturated carbocycles. The minimum Gasteiger partial charge on any atom is -0.317 e. The average Bonchev–Trinajstić information content (AvgIpc) is 2.06. The van der Waals surface area contributed by atoms with Crippen molar-refractivity contribution in [1.29, 1.82) is 0 Å². The smallest absolute Gasteiger partial charge is 0.219 e. The second-order valence-electron chi connectivity index (χ2n) is 3.94. The van der Waals surface area contributed by atoms with Gasteiger partial charge >= 0.3 is 0 Å².